The molecule has 0 saturated heterocycles. The third-order valence-corrected chi connectivity index (χ3v) is 2.43. The quantitative estimate of drug-likeness (QED) is 0.568. The Bertz CT molecular complexity index is 255. The molecule has 5 nitrogen and oxygen atoms in total. The van der Waals surface area contributed by atoms with Gasteiger partial charge in [0.05, 0.1) is 0 Å². The van der Waals surface area contributed by atoms with E-state index < -0.39 is 0 Å². The predicted octanol–water partition coefficient (Wildman–Crippen LogP) is 0.653. The molecule has 0 radical (unpaired) electrons. The zero-order chi connectivity index (χ0) is 14.0. The molecule has 1 atom stereocenters. The highest BCUT2D eigenvalue weighted by Gasteiger charge is 2.07. The number of hydrogen-bond acceptors (Lipinski definition) is 3. The smallest absolute Gasteiger partial charge is 0.221 e. The molecule has 106 valence electrons. The predicted molar refractivity (Wildman–Crippen MR) is 73.2 cm³/mol. The van der Waals surface area contributed by atoms with Crippen molar-refractivity contribution in [2.75, 3.05) is 19.6 Å². The molecule has 0 aromatic heterocycles. The van der Waals surface area contributed by atoms with Gasteiger partial charge in [-0.2, -0.15) is 0 Å². The molecule has 18 heavy (non-hydrogen) atoms. The summed E-state index contributed by atoms with van der Waals surface area (Å²) in [5.41, 5.74) is 0. The first kappa shape index (κ1) is 16.9. The summed E-state index contributed by atoms with van der Waals surface area (Å²) in [7, 11) is 0. The first-order chi connectivity index (χ1) is 8.45. The molecule has 3 N–H and O–H groups in total. The van der Waals surface area contributed by atoms with Crippen molar-refractivity contribution >= 4 is 11.8 Å². The lowest BCUT2D eigenvalue weighted by Crippen LogP contribution is -2.39. The van der Waals surface area contributed by atoms with Crippen molar-refractivity contribution in [3.8, 4) is 0 Å². The molecule has 0 rings (SSSR count). The number of carbonyl (C=O) groups is 2. The van der Waals surface area contributed by atoms with Crippen LogP contribution in [0.4, 0.5) is 0 Å². The second kappa shape index (κ2) is 9.88. The average molecular weight is 257 g/mol. The van der Waals surface area contributed by atoms with Gasteiger partial charge in [0.1, 0.15) is 0 Å². The van der Waals surface area contributed by atoms with E-state index >= 15 is 0 Å². The molecule has 0 heterocycles. The van der Waals surface area contributed by atoms with Gasteiger partial charge in [-0.05, 0) is 19.4 Å². The lowest BCUT2D eigenvalue weighted by Gasteiger charge is -2.13. The lowest BCUT2D eigenvalue weighted by molar-refractivity contribution is -0.122. The monoisotopic (exact) mass is 257 g/mol. The third-order valence-electron chi connectivity index (χ3n) is 2.43. The van der Waals surface area contributed by atoms with Gasteiger partial charge >= 0.3 is 0 Å². The van der Waals surface area contributed by atoms with Crippen molar-refractivity contribution in [1.82, 2.24) is 16.0 Å². The van der Waals surface area contributed by atoms with E-state index in [4.69, 9.17) is 0 Å². The third kappa shape index (κ3) is 10.1. The fraction of sp³-hybridized carbons (Fsp3) is 0.846. The Hall–Kier alpha value is -1.10. The van der Waals surface area contributed by atoms with Crippen LogP contribution in [0.15, 0.2) is 0 Å². The van der Waals surface area contributed by atoms with Crippen molar-refractivity contribution in [1.29, 1.82) is 0 Å². The van der Waals surface area contributed by atoms with Gasteiger partial charge in [-0.3, -0.25) is 9.59 Å². The Morgan fingerprint density at radius 3 is 2.28 bits per heavy atom. The molecule has 0 aliphatic rings. The molecule has 0 fully saturated rings. The maximum Gasteiger partial charge on any atom is 0.221 e. The highest BCUT2D eigenvalue weighted by atomic mass is 16.2. The molecule has 0 spiro atoms. The number of amides is 2. The summed E-state index contributed by atoms with van der Waals surface area (Å²) in [5.74, 6) is 0.336. The average Bonchev–Trinajstić information content (AvgIpc) is 2.25. The van der Waals surface area contributed by atoms with E-state index in [0.717, 1.165) is 6.54 Å². The first-order valence-corrected chi connectivity index (χ1v) is 6.72. The van der Waals surface area contributed by atoms with Crippen molar-refractivity contribution in [2.24, 2.45) is 5.92 Å². The Balaban J connectivity index is 3.56. The zero-order valence-corrected chi connectivity index (χ0v) is 12.0. The molecule has 0 bridgehead atoms. The second-order valence-corrected chi connectivity index (χ2v) is 4.96. The van der Waals surface area contributed by atoms with E-state index in [1.54, 1.807) is 0 Å². The maximum absolute atomic E-state index is 11.5. The van der Waals surface area contributed by atoms with E-state index in [0.29, 0.717) is 31.8 Å². The number of carbonyl (C=O) groups excluding carboxylic acids is 2. The molecular weight excluding hydrogens is 230 g/mol. The van der Waals surface area contributed by atoms with E-state index in [9.17, 15) is 9.59 Å². The lowest BCUT2D eigenvalue weighted by atomic mass is 10.1. The summed E-state index contributed by atoms with van der Waals surface area (Å²) in [6.45, 7) is 9.96. The van der Waals surface area contributed by atoms with Crippen LogP contribution in [0.2, 0.25) is 0 Å². The standard InChI is InChI=1S/C13H27N3O2/c1-5-14-11(4)9-16-12(17)6-7-15-13(18)8-10(2)3/h10-11,14H,5-9H2,1-4H3,(H,15,18)(H,16,17)/t11-/m1/s1. The summed E-state index contributed by atoms with van der Waals surface area (Å²) < 4.78 is 0. The molecule has 0 aliphatic carbocycles. The van der Waals surface area contributed by atoms with E-state index in [-0.39, 0.29) is 17.9 Å². The van der Waals surface area contributed by atoms with E-state index in [2.05, 4.69) is 16.0 Å². The zero-order valence-electron chi connectivity index (χ0n) is 12.0. The highest BCUT2D eigenvalue weighted by Crippen LogP contribution is 1.97. The highest BCUT2D eigenvalue weighted by molar-refractivity contribution is 5.79. The van der Waals surface area contributed by atoms with Crippen LogP contribution in [0.3, 0.4) is 0 Å². The number of rotatable bonds is 9. The molecule has 5 heteroatoms. The van der Waals surface area contributed by atoms with Gasteiger partial charge in [0, 0.05) is 32.0 Å². The summed E-state index contributed by atoms with van der Waals surface area (Å²) in [5, 5.41) is 8.78. The largest absolute Gasteiger partial charge is 0.356 e. The van der Waals surface area contributed by atoms with Crippen LogP contribution < -0.4 is 16.0 Å². The molecule has 0 unspecified atom stereocenters. The summed E-state index contributed by atoms with van der Waals surface area (Å²) >= 11 is 0. The van der Waals surface area contributed by atoms with Crippen LogP contribution in [0, 0.1) is 5.92 Å². The van der Waals surface area contributed by atoms with Crippen LogP contribution in [0.1, 0.15) is 40.5 Å². The number of nitrogens with one attached hydrogen (secondary N) is 3. The van der Waals surface area contributed by atoms with E-state index in [1.165, 1.54) is 0 Å². The molecule has 2 amide bonds. The molecule has 0 aromatic rings. The normalized spacial score (nSPS) is 12.3. The summed E-state index contributed by atoms with van der Waals surface area (Å²) in [6, 6.07) is 0.273. The number of likely N-dealkylation sites (N-methyl/N-ethyl adjacent to an activating group) is 1. The fourth-order valence-electron chi connectivity index (χ4n) is 1.53. The molecule has 0 aliphatic heterocycles. The minimum absolute atomic E-state index is 0.0128. The van der Waals surface area contributed by atoms with Gasteiger partial charge in [-0.25, -0.2) is 0 Å². The van der Waals surface area contributed by atoms with Crippen molar-refractivity contribution in [3.05, 3.63) is 0 Å². The molecule has 0 saturated carbocycles. The Labute approximate surface area is 110 Å². The van der Waals surface area contributed by atoms with Crippen LogP contribution >= 0.6 is 0 Å². The summed E-state index contributed by atoms with van der Waals surface area (Å²) in [4.78, 5) is 22.8. The minimum atomic E-state index is -0.0235. The van der Waals surface area contributed by atoms with Crippen molar-refractivity contribution in [3.63, 3.8) is 0 Å². The van der Waals surface area contributed by atoms with Gasteiger partial charge < -0.3 is 16.0 Å². The Morgan fingerprint density at radius 2 is 1.72 bits per heavy atom. The summed E-state index contributed by atoms with van der Waals surface area (Å²) in [6.07, 6.45) is 0.849. The topological polar surface area (TPSA) is 70.2 Å². The van der Waals surface area contributed by atoms with Gasteiger partial charge in [0.15, 0.2) is 0 Å². The minimum Gasteiger partial charge on any atom is -0.356 e. The molecule has 0 aromatic carbocycles. The van der Waals surface area contributed by atoms with Gasteiger partial charge in [0.2, 0.25) is 11.8 Å². The maximum atomic E-state index is 11.5. The van der Waals surface area contributed by atoms with Crippen LogP contribution in [0.25, 0.3) is 0 Å². The van der Waals surface area contributed by atoms with Crippen LogP contribution in [0.5, 0.6) is 0 Å². The Morgan fingerprint density at radius 1 is 1.06 bits per heavy atom. The van der Waals surface area contributed by atoms with Gasteiger partial charge in [-0.1, -0.05) is 20.8 Å². The Kier molecular flexibility index (Phi) is 9.28. The first-order valence-electron chi connectivity index (χ1n) is 6.72. The molecular formula is C13H27N3O2. The number of hydrogen-bond donors (Lipinski definition) is 3. The SMILES string of the molecule is CCN[C@H](C)CNC(=O)CCNC(=O)CC(C)C. The van der Waals surface area contributed by atoms with Gasteiger partial charge in [0.25, 0.3) is 0 Å². The van der Waals surface area contributed by atoms with Crippen molar-refractivity contribution in [2.45, 2.75) is 46.6 Å². The van der Waals surface area contributed by atoms with Gasteiger partial charge in [-0.15, -0.1) is 0 Å². The van der Waals surface area contributed by atoms with Crippen LogP contribution in [-0.4, -0.2) is 37.5 Å². The second-order valence-electron chi connectivity index (χ2n) is 4.96. The van der Waals surface area contributed by atoms with E-state index in [1.807, 2.05) is 27.7 Å². The fourth-order valence-corrected chi connectivity index (χ4v) is 1.53. The van der Waals surface area contributed by atoms with Crippen LogP contribution in [-0.2, 0) is 9.59 Å². The van der Waals surface area contributed by atoms with Crippen molar-refractivity contribution < 1.29 is 9.59 Å².